The summed E-state index contributed by atoms with van der Waals surface area (Å²) in [5.74, 6) is 0. The molecule has 0 amide bonds. The van der Waals surface area contributed by atoms with Gasteiger partial charge in [-0.1, -0.05) is 31.9 Å². The first-order chi connectivity index (χ1) is 7.88. The Morgan fingerprint density at radius 1 is 1.38 bits per heavy atom. The van der Waals surface area contributed by atoms with Crippen molar-refractivity contribution in [2.75, 3.05) is 13.1 Å². The summed E-state index contributed by atoms with van der Waals surface area (Å²) in [6.07, 6.45) is 15.3. The highest BCUT2D eigenvalue weighted by Crippen LogP contribution is 2.09. The van der Waals surface area contributed by atoms with Gasteiger partial charge in [0.25, 0.3) is 0 Å². The Hall–Kier alpha value is -0.960. The molecule has 0 fully saturated rings. The second kappa shape index (κ2) is 8.22. The van der Waals surface area contributed by atoms with Gasteiger partial charge >= 0.3 is 0 Å². The minimum absolute atomic E-state index is 0.408. The van der Waals surface area contributed by atoms with Crippen LogP contribution >= 0.6 is 0 Å². The van der Waals surface area contributed by atoms with E-state index in [0.29, 0.717) is 12.7 Å². The molecule has 0 aliphatic carbocycles. The average molecular weight is 223 g/mol. The van der Waals surface area contributed by atoms with Crippen molar-refractivity contribution in [3.05, 3.63) is 24.6 Å². The minimum Gasteiger partial charge on any atom is -0.370 e. The van der Waals surface area contributed by atoms with E-state index in [0.717, 1.165) is 13.0 Å². The van der Waals surface area contributed by atoms with Crippen molar-refractivity contribution in [2.24, 2.45) is 5.73 Å². The zero-order valence-electron chi connectivity index (χ0n) is 10.4. The van der Waals surface area contributed by atoms with Gasteiger partial charge in [0, 0.05) is 31.9 Å². The van der Waals surface area contributed by atoms with Gasteiger partial charge in [-0.15, -0.1) is 0 Å². The molecule has 0 spiro atoms. The third kappa shape index (κ3) is 4.71. The molecular formula is C13H25N3. The van der Waals surface area contributed by atoms with E-state index in [9.17, 15) is 0 Å². The molecule has 1 atom stereocenters. The van der Waals surface area contributed by atoms with E-state index in [-0.39, 0.29) is 0 Å². The fraction of sp³-hybridized carbons (Fsp3) is 0.692. The van der Waals surface area contributed by atoms with Crippen LogP contribution in [0.1, 0.15) is 39.0 Å². The van der Waals surface area contributed by atoms with Gasteiger partial charge in [0.05, 0.1) is 0 Å². The molecule has 1 heterocycles. The summed E-state index contributed by atoms with van der Waals surface area (Å²) in [4.78, 5) is 2.26. The normalized spacial score (nSPS) is 19.6. The van der Waals surface area contributed by atoms with Crippen LogP contribution in [0, 0.1) is 0 Å². The first kappa shape index (κ1) is 13.1. The highest BCUT2D eigenvalue weighted by molar-refractivity contribution is 4.98. The summed E-state index contributed by atoms with van der Waals surface area (Å²) in [5, 5.41) is 3.33. The molecule has 0 bridgehead atoms. The molecule has 0 aromatic heterocycles. The van der Waals surface area contributed by atoms with Gasteiger partial charge in [-0.05, 0) is 12.8 Å². The summed E-state index contributed by atoms with van der Waals surface area (Å²) in [7, 11) is 0. The van der Waals surface area contributed by atoms with Crippen LogP contribution < -0.4 is 11.1 Å². The molecule has 1 rings (SSSR count). The number of nitrogens with two attached hydrogens (primary N) is 1. The summed E-state index contributed by atoms with van der Waals surface area (Å²) < 4.78 is 0. The lowest BCUT2D eigenvalue weighted by atomic mass is 10.2. The Labute approximate surface area is 99.4 Å². The third-order valence-corrected chi connectivity index (χ3v) is 2.84. The van der Waals surface area contributed by atoms with Gasteiger partial charge in [0.2, 0.25) is 0 Å². The van der Waals surface area contributed by atoms with E-state index >= 15 is 0 Å². The predicted octanol–water partition coefficient (Wildman–Crippen LogP) is 2.17. The van der Waals surface area contributed by atoms with Crippen LogP contribution in [-0.2, 0) is 0 Å². The number of hydrogen-bond donors (Lipinski definition) is 2. The molecule has 92 valence electrons. The van der Waals surface area contributed by atoms with Crippen LogP contribution in [0.15, 0.2) is 24.6 Å². The largest absolute Gasteiger partial charge is 0.370 e. The molecule has 1 aliphatic heterocycles. The van der Waals surface area contributed by atoms with Gasteiger partial charge in [-0.2, -0.15) is 0 Å². The quantitative estimate of drug-likeness (QED) is 0.489. The number of allylic oxidation sites excluding steroid dienone is 1. The fourth-order valence-electron chi connectivity index (χ4n) is 1.89. The van der Waals surface area contributed by atoms with Gasteiger partial charge < -0.3 is 16.0 Å². The topological polar surface area (TPSA) is 41.3 Å². The molecule has 0 saturated carbocycles. The monoisotopic (exact) mass is 223 g/mol. The molecule has 0 aromatic carbocycles. The second-order valence-corrected chi connectivity index (χ2v) is 4.23. The van der Waals surface area contributed by atoms with E-state index in [1.165, 1.54) is 25.7 Å². The van der Waals surface area contributed by atoms with Crippen molar-refractivity contribution in [3.8, 4) is 0 Å². The van der Waals surface area contributed by atoms with Crippen LogP contribution in [0.4, 0.5) is 0 Å². The maximum absolute atomic E-state index is 5.56. The number of hydrogen-bond acceptors (Lipinski definition) is 3. The summed E-state index contributed by atoms with van der Waals surface area (Å²) in [6.45, 7) is 3.88. The smallest absolute Gasteiger partial charge is 0.102 e. The van der Waals surface area contributed by atoms with Crippen LogP contribution in [0.25, 0.3) is 0 Å². The average Bonchev–Trinajstić information content (AvgIpc) is 2.72. The zero-order valence-corrected chi connectivity index (χ0v) is 10.4. The number of nitrogens with one attached hydrogen (secondary N) is 1. The lowest BCUT2D eigenvalue weighted by Gasteiger charge is -2.23. The van der Waals surface area contributed by atoms with Crippen LogP contribution in [0.3, 0.4) is 0 Å². The molecular weight excluding hydrogens is 198 g/mol. The number of rotatable bonds is 8. The molecule has 1 unspecified atom stereocenters. The van der Waals surface area contributed by atoms with Crippen LogP contribution in [0.5, 0.6) is 0 Å². The van der Waals surface area contributed by atoms with Gasteiger partial charge in [0.1, 0.15) is 6.17 Å². The highest BCUT2D eigenvalue weighted by atomic mass is 15.3. The lowest BCUT2D eigenvalue weighted by molar-refractivity contribution is 0.287. The molecule has 3 nitrogen and oxygen atoms in total. The van der Waals surface area contributed by atoms with Gasteiger partial charge in [0.15, 0.2) is 0 Å². The van der Waals surface area contributed by atoms with Gasteiger partial charge in [-0.3, -0.25) is 0 Å². The third-order valence-electron chi connectivity index (χ3n) is 2.84. The van der Waals surface area contributed by atoms with Crippen molar-refractivity contribution in [3.63, 3.8) is 0 Å². The highest BCUT2D eigenvalue weighted by Gasteiger charge is 2.15. The fourth-order valence-corrected chi connectivity index (χ4v) is 1.89. The van der Waals surface area contributed by atoms with Crippen LogP contribution in [0.2, 0.25) is 0 Å². The Balaban J connectivity index is 2.12. The summed E-state index contributed by atoms with van der Waals surface area (Å²) >= 11 is 0. The lowest BCUT2D eigenvalue weighted by Crippen LogP contribution is -2.37. The van der Waals surface area contributed by atoms with E-state index in [4.69, 9.17) is 5.73 Å². The van der Waals surface area contributed by atoms with Crippen LogP contribution in [-0.4, -0.2) is 24.2 Å². The van der Waals surface area contributed by atoms with Crippen molar-refractivity contribution in [1.29, 1.82) is 0 Å². The van der Waals surface area contributed by atoms with E-state index in [1.54, 1.807) is 0 Å². The summed E-state index contributed by atoms with van der Waals surface area (Å²) in [6, 6.07) is 0. The predicted molar refractivity (Wildman–Crippen MR) is 69.7 cm³/mol. The van der Waals surface area contributed by atoms with Crippen molar-refractivity contribution in [1.82, 2.24) is 10.2 Å². The SMILES string of the molecule is CCCCC/C=C/CC1NC=CN1CCN. The molecule has 0 aromatic rings. The Morgan fingerprint density at radius 2 is 2.25 bits per heavy atom. The molecule has 0 saturated heterocycles. The van der Waals surface area contributed by atoms with E-state index < -0.39 is 0 Å². The summed E-state index contributed by atoms with van der Waals surface area (Å²) in [5.41, 5.74) is 5.56. The standard InChI is InChI=1S/C13H25N3/c1-2-3-4-5-6-7-8-13-15-10-12-16(13)11-9-14/h6-7,10,12-13,15H,2-5,8-9,11,14H2,1H3/b7-6+. The van der Waals surface area contributed by atoms with Crippen molar-refractivity contribution >= 4 is 0 Å². The van der Waals surface area contributed by atoms with E-state index in [1.807, 2.05) is 6.20 Å². The Morgan fingerprint density at radius 3 is 3.00 bits per heavy atom. The Bertz CT molecular complexity index is 223. The number of unbranched alkanes of at least 4 members (excludes halogenated alkanes) is 3. The van der Waals surface area contributed by atoms with Gasteiger partial charge in [-0.25, -0.2) is 0 Å². The van der Waals surface area contributed by atoms with Crippen molar-refractivity contribution in [2.45, 2.75) is 45.2 Å². The first-order valence-electron chi connectivity index (χ1n) is 6.42. The Kier molecular flexibility index (Phi) is 6.74. The zero-order chi connectivity index (χ0) is 11.6. The molecule has 3 N–H and O–H groups in total. The molecule has 0 radical (unpaired) electrons. The minimum atomic E-state index is 0.408. The van der Waals surface area contributed by atoms with Crippen molar-refractivity contribution < 1.29 is 0 Å². The first-order valence-corrected chi connectivity index (χ1v) is 6.42. The van der Waals surface area contributed by atoms with E-state index in [2.05, 4.69) is 35.5 Å². The number of nitrogens with zero attached hydrogens (tertiary/aromatic N) is 1. The molecule has 16 heavy (non-hydrogen) atoms. The second-order valence-electron chi connectivity index (χ2n) is 4.23. The maximum atomic E-state index is 5.56. The molecule has 1 aliphatic rings. The maximum Gasteiger partial charge on any atom is 0.102 e. The molecule has 3 heteroatoms.